The SMILES string of the molecule is COCCOCC(N)CCc1ccc2c(c1)CCO2. The van der Waals surface area contributed by atoms with E-state index in [-0.39, 0.29) is 6.04 Å². The van der Waals surface area contributed by atoms with Crippen LogP contribution >= 0.6 is 0 Å². The molecule has 4 nitrogen and oxygen atoms in total. The third kappa shape index (κ3) is 4.49. The van der Waals surface area contributed by atoms with Gasteiger partial charge in [0.15, 0.2) is 0 Å². The molecule has 1 atom stereocenters. The van der Waals surface area contributed by atoms with Gasteiger partial charge in [-0.3, -0.25) is 0 Å². The van der Waals surface area contributed by atoms with Gasteiger partial charge >= 0.3 is 0 Å². The number of fused-ring (bicyclic) bond motifs is 1. The maximum absolute atomic E-state index is 6.03. The van der Waals surface area contributed by atoms with E-state index in [9.17, 15) is 0 Å². The van der Waals surface area contributed by atoms with Crippen molar-refractivity contribution < 1.29 is 14.2 Å². The molecule has 2 N–H and O–H groups in total. The fraction of sp³-hybridized carbons (Fsp3) is 0.600. The Morgan fingerprint density at radius 2 is 2.26 bits per heavy atom. The van der Waals surface area contributed by atoms with Crippen LogP contribution in [-0.4, -0.2) is 39.6 Å². The monoisotopic (exact) mass is 265 g/mol. The van der Waals surface area contributed by atoms with Crippen LogP contribution in [-0.2, 0) is 22.3 Å². The van der Waals surface area contributed by atoms with Crippen LogP contribution in [0.3, 0.4) is 0 Å². The summed E-state index contributed by atoms with van der Waals surface area (Å²) in [5.41, 5.74) is 8.68. The lowest BCUT2D eigenvalue weighted by molar-refractivity contribution is 0.0627. The molecule has 4 heteroatoms. The zero-order valence-electron chi connectivity index (χ0n) is 11.6. The Bertz CT molecular complexity index is 395. The van der Waals surface area contributed by atoms with Crippen molar-refractivity contribution in [3.63, 3.8) is 0 Å². The Morgan fingerprint density at radius 3 is 3.11 bits per heavy atom. The summed E-state index contributed by atoms with van der Waals surface area (Å²) < 4.78 is 15.8. The molecule has 0 bridgehead atoms. The van der Waals surface area contributed by atoms with E-state index in [1.807, 2.05) is 0 Å². The number of aryl methyl sites for hydroxylation is 1. The summed E-state index contributed by atoms with van der Waals surface area (Å²) in [6.07, 6.45) is 2.95. The third-order valence-corrected chi connectivity index (χ3v) is 3.32. The minimum Gasteiger partial charge on any atom is -0.493 e. The van der Waals surface area contributed by atoms with Gasteiger partial charge < -0.3 is 19.9 Å². The lowest BCUT2D eigenvalue weighted by Gasteiger charge is -2.12. The second-order valence-corrected chi connectivity index (χ2v) is 4.91. The molecule has 1 aromatic rings. The first-order valence-electron chi connectivity index (χ1n) is 6.86. The number of rotatable bonds is 8. The van der Waals surface area contributed by atoms with E-state index in [2.05, 4.69) is 18.2 Å². The van der Waals surface area contributed by atoms with Crippen LogP contribution in [0, 0.1) is 0 Å². The lowest BCUT2D eigenvalue weighted by Crippen LogP contribution is -2.27. The van der Waals surface area contributed by atoms with Gasteiger partial charge in [-0.05, 0) is 30.0 Å². The Labute approximate surface area is 114 Å². The van der Waals surface area contributed by atoms with Crippen molar-refractivity contribution in [1.82, 2.24) is 0 Å². The number of nitrogens with two attached hydrogens (primary N) is 1. The van der Waals surface area contributed by atoms with Gasteiger partial charge in [-0.1, -0.05) is 12.1 Å². The number of methoxy groups -OCH3 is 1. The molecule has 1 aromatic carbocycles. The number of ether oxygens (including phenoxy) is 3. The highest BCUT2D eigenvalue weighted by Gasteiger charge is 2.12. The minimum absolute atomic E-state index is 0.0846. The van der Waals surface area contributed by atoms with Gasteiger partial charge in [0.25, 0.3) is 0 Å². The summed E-state index contributed by atoms with van der Waals surface area (Å²) in [5.74, 6) is 1.04. The van der Waals surface area contributed by atoms with Crippen molar-refractivity contribution in [2.45, 2.75) is 25.3 Å². The molecule has 1 aliphatic rings. The molecule has 2 rings (SSSR count). The molecular weight excluding hydrogens is 242 g/mol. The van der Waals surface area contributed by atoms with Crippen LogP contribution in [0.1, 0.15) is 17.5 Å². The Kier molecular flexibility index (Phi) is 5.63. The molecule has 106 valence electrons. The van der Waals surface area contributed by atoms with E-state index >= 15 is 0 Å². The average molecular weight is 265 g/mol. The topological polar surface area (TPSA) is 53.7 Å². The molecule has 0 amide bonds. The molecule has 1 unspecified atom stereocenters. The van der Waals surface area contributed by atoms with Gasteiger partial charge in [-0.25, -0.2) is 0 Å². The summed E-state index contributed by atoms with van der Waals surface area (Å²) in [6, 6.07) is 6.52. The second-order valence-electron chi connectivity index (χ2n) is 4.91. The predicted octanol–water partition coefficient (Wildman–Crippen LogP) is 1.54. The van der Waals surface area contributed by atoms with Crippen LogP contribution in [0.25, 0.3) is 0 Å². The summed E-state index contributed by atoms with van der Waals surface area (Å²) in [5, 5.41) is 0. The van der Waals surface area contributed by atoms with Gasteiger partial charge in [0, 0.05) is 19.6 Å². The molecule has 1 aliphatic heterocycles. The first-order valence-corrected chi connectivity index (χ1v) is 6.86. The van der Waals surface area contributed by atoms with Crippen LogP contribution in [0.15, 0.2) is 18.2 Å². The van der Waals surface area contributed by atoms with Gasteiger partial charge in [0.1, 0.15) is 5.75 Å². The first kappa shape index (κ1) is 14.3. The van der Waals surface area contributed by atoms with E-state index in [4.69, 9.17) is 19.9 Å². The van der Waals surface area contributed by atoms with Crippen molar-refractivity contribution in [1.29, 1.82) is 0 Å². The minimum atomic E-state index is 0.0846. The molecule has 0 aromatic heterocycles. The van der Waals surface area contributed by atoms with Crippen LogP contribution in [0.4, 0.5) is 0 Å². The van der Waals surface area contributed by atoms with Gasteiger partial charge in [-0.15, -0.1) is 0 Å². The Balaban J connectivity index is 1.70. The highest BCUT2D eigenvalue weighted by molar-refractivity contribution is 5.39. The van der Waals surface area contributed by atoms with Crippen LogP contribution in [0.5, 0.6) is 5.75 Å². The van der Waals surface area contributed by atoms with E-state index in [0.29, 0.717) is 19.8 Å². The third-order valence-electron chi connectivity index (χ3n) is 3.32. The summed E-state index contributed by atoms with van der Waals surface area (Å²) >= 11 is 0. The zero-order chi connectivity index (χ0) is 13.5. The first-order chi connectivity index (χ1) is 9.29. The molecule has 0 fully saturated rings. The summed E-state index contributed by atoms with van der Waals surface area (Å²) in [4.78, 5) is 0. The van der Waals surface area contributed by atoms with Crippen molar-refractivity contribution >= 4 is 0 Å². The molecule has 0 saturated heterocycles. The second kappa shape index (κ2) is 7.48. The van der Waals surface area contributed by atoms with Crippen molar-refractivity contribution in [3.8, 4) is 5.75 Å². The lowest BCUT2D eigenvalue weighted by atomic mass is 10.0. The average Bonchev–Trinajstić information content (AvgIpc) is 2.89. The molecule has 0 saturated carbocycles. The number of benzene rings is 1. The van der Waals surface area contributed by atoms with Gasteiger partial charge in [0.05, 0.1) is 26.4 Å². The molecule has 0 radical (unpaired) electrons. The van der Waals surface area contributed by atoms with Gasteiger partial charge in [0.2, 0.25) is 0 Å². The number of hydrogen-bond acceptors (Lipinski definition) is 4. The Hall–Kier alpha value is -1.10. The van der Waals surface area contributed by atoms with E-state index in [1.165, 1.54) is 11.1 Å². The van der Waals surface area contributed by atoms with E-state index < -0.39 is 0 Å². The van der Waals surface area contributed by atoms with Crippen LogP contribution in [0.2, 0.25) is 0 Å². The summed E-state index contributed by atoms with van der Waals surface area (Å²) in [7, 11) is 1.67. The van der Waals surface area contributed by atoms with E-state index in [1.54, 1.807) is 7.11 Å². The molecule has 0 spiro atoms. The smallest absolute Gasteiger partial charge is 0.122 e. The standard InChI is InChI=1S/C15H23NO3/c1-17-8-9-18-11-14(16)4-2-12-3-5-15-13(10-12)6-7-19-15/h3,5,10,14H,2,4,6-9,11,16H2,1H3. The van der Waals surface area contributed by atoms with Crippen molar-refractivity contribution in [3.05, 3.63) is 29.3 Å². The highest BCUT2D eigenvalue weighted by atomic mass is 16.5. The predicted molar refractivity (Wildman–Crippen MR) is 74.6 cm³/mol. The molecule has 19 heavy (non-hydrogen) atoms. The maximum Gasteiger partial charge on any atom is 0.122 e. The fourth-order valence-electron chi connectivity index (χ4n) is 2.21. The summed E-state index contributed by atoms with van der Waals surface area (Å²) in [6.45, 7) is 2.64. The normalized spacial score (nSPS) is 15.1. The van der Waals surface area contributed by atoms with E-state index in [0.717, 1.165) is 31.6 Å². The Morgan fingerprint density at radius 1 is 1.37 bits per heavy atom. The highest BCUT2D eigenvalue weighted by Crippen LogP contribution is 2.26. The maximum atomic E-state index is 6.03. The zero-order valence-corrected chi connectivity index (χ0v) is 11.6. The van der Waals surface area contributed by atoms with Crippen LogP contribution < -0.4 is 10.5 Å². The quantitative estimate of drug-likeness (QED) is 0.725. The number of hydrogen-bond donors (Lipinski definition) is 1. The van der Waals surface area contributed by atoms with Crippen molar-refractivity contribution in [2.24, 2.45) is 5.73 Å². The molecular formula is C15H23NO3. The fourth-order valence-corrected chi connectivity index (χ4v) is 2.21. The largest absolute Gasteiger partial charge is 0.493 e. The van der Waals surface area contributed by atoms with Crippen molar-refractivity contribution in [2.75, 3.05) is 33.5 Å². The molecule has 0 aliphatic carbocycles. The van der Waals surface area contributed by atoms with Gasteiger partial charge in [-0.2, -0.15) is 0 Å². The molecule has 1 heterocycles.